The zero-order valence-corrected chi connectivity index (χ0v) is 10.9. The number of likely N-dealkylation sites (N-methyl/N-ethyl adjacent to an activating group) is 1. The van der Waals surface area contributed by atoms with Crippen molar-refractivity contribution in [1.82, 2.24) is 10.2 Å². The van der Waals surface area contributed by atoms with Crippen LogP contribution in [0.4, 0.5) is 0 Å². The summed E-state index contributed by atoms with van der Waals surface area (Å²) in [6, 6.07) is 0. The van der Waals surface area contributed by atoms with E-state index < -0.39 is 0 Å². The van der Waals surface area contributed by atoms with Gasteiger partial charge in [0.05, 0.1) is 12.1 Å². The van der Waals surface area contributed by atoms with Crippen LogP contribution in [-0.2, 0) is 0 Å². The maximum atomic E-state index is 9.69. The molecule has 3 nitrogen and oxygen atoms in total. The van der Waals surface area contributed by atoms with Gasteiger partial charge in [-0.1, -0.05) is 13.8 Å². The molecule has 1 saturated carbocycles. The highest BCUT2D eigenvalue weighted by atomic mass is 16.3. The van der Waals surface area contributed by atoms with Crippen molar-refractivity contribution in [3.63, 3.8) is 0 Å². The first-order valence-corrected chi connectivity index (χ1v) is 6.63. The zero-order chi connectivity index (χ0) is 11.8. The van der Waals surface area contributed by atoms with E-state index in [0.29, 0.717) is 5.92 Å². The van der Waals surface area contributed by atoms with Crippen LogP contribution in [-0.4, -0.2) is 48.8 Å². The molecule has 1 aliphatic carbocycles. The van der Waals surface area contributed by atoms with Gasteiger partial charge in [-0.25, -0.2) is 0 Å². The molecule has 3 atom stereocenters. The van der Waals surface area contributed by atoms with Gasteiger partial charge < -0.3 is 15.3 Å². The van der Waals surface area contributed by atoms with E-state index in [4.69, 9.17) is 0 Å². The number of nitrogens with zero attached hydrogens (tertiary/aromatic N) is 1. The van der Waals surface area contributed by atoms with Crippen molar-refractivity contribution >= 4 is 0 Å². The van der Waals surface area contributed by atoms with Crippen LogP contribution in [0.5, 0.6) is 0 Å². The van der Waals surface area contributed by atoms with Crippen LogP contribution in [0.15, 0.2) is 0 Å². The highest BCUT2D eigenvalue weighted by molar-refractivity contribution is 5.03. The lowest BCUT2D eigenvalue weighted by atomic mass is 9.93. The Morgan fingerprint density at radius 3 is 2.19 bits per heavy atom. The minimum atomic E-state index is -0.0379. The van der Waals surface area contributed by atoms with Gasteiger partial charge in [0.1, 0.15) is 0 Å². The van der Waals surface area contributed by atoms with Crippen molar-refractivity contribution in [2.24, 2.45) is 17.8 Å². The number of hydrogen-bond donors (Lipinski definition) is 2. The summed E-state index contributed by atoms with van der Waals surface area (Å²) in [4.78, 5) is 2.53. The van der Waals surface area contributed by atoms with E-state index in [1.807, 2.05) is 7.05 Å². The summed E-state index contributed by atoms with van der Waals surface area (Å²) in [5, 5.41) is 13.1. The maximum Gasteiger partial charge on any atom is 0.0628 e. The maximum absolute atomic E-state index is 9.69. The third-order valence-corrected chi connectivity index (χ3v) is 4.71. The van der Waals surface area contributed by atoms with Crippen LogP contribution in [0.2, 0.25) is 0 Å². The van der Waals surface area contributed by atoms with E-state index in [2.05, 4.69) is 24.1 Å². The van der Waals surface area contributed by atoms with Crippen LogP contribution in [0.3, 0.4) is 0 Å². The average molecular weight is 226 g/mol. The molecule has 0 radical (unpaired) electrons. The van der Waals surface area contributed by atoms with Crippen molar-refractivity contribution in [3.8, 4) is 0 Å². The van der Waals surface area contributed by atoms with Gasteiger partial charge in [-0.2, -0.15) is 0 Å². The predicted molar refractivity (Wildman–Crippen MR) is 66.4 cm³/mol. The van der Waals surface area contributed by atoms with Crippen molar-refractivity contribution in [3.05, 3.63) is 0 Å². The monoisotopic (exact) mass is 226 g/mol. The number of aliphatic hydroxyl groups excluding tert-OH is 1. The first-order chi connectivity index (χ1) is 7.61. The Bertz CT molecular complexity index is 226. The van der Waals surface area contributed by atoms with E-state index in [9.17, 15) is 5.11 Å². The first kappa shape index (κ1) is 12.3. The Morgan fingerprint density at radius 1 is 1.25 bits per heavy atom. The highest BCUT2D eigenvalue weighted by Crippen LogP contribution is 2.40. The summed E-state index contributed by atoms with van der Waals surface area (Å²) in [5.74, 6) is 2.29. The molecular formula is C13H26N2O. The number of aliphatic hydroxyl groups is 1. The fourth-order valence-electron chi connectivity index (χ4n) is 3.08. The summed E-state index contributed by atoms with van der Waals surface area (Å²) in [7, 11) is 2.00. The molecule has 0 spiro atoms. The van der Waals surface area contributed by atoms with Gasteiger partial charge in [0.25, 0.3) is 0 Å². The van der Waals surface area contributed by atoms with E-state index in [1.54, 1.807) is 0 Å². The number of hydrogen-bond acceptors (Lipinski definition) is 3. The van der Waals surface area contributed by atoms with Crippen LogP contribution in [0.1, 0.15) is 26.7 Å². The summed E-state index contributed by atoms with van der Waals surface area (Å²) >= 11 is 0. The van der Waals surface area contributed by atoms with Crippen molar-refractivity contribution < 1.29 is 5.11 Å². The Hall–Kier alpha value is -0.120. The van der Waals surface area contributed by atoms with Gasteiger partial charge >= 0.3 is 0 Å². The molecule has 0 aromatic heterocycles. The SMILES string of the molecule is CNC(CO)(CN1CC(C)C(C)C1)C1CC1. The van der Waals surface area contributed by atoms with Crippen LogP contribution < -0.4 is 5.32 Å². The third-order valence-electron chi connectivity index (χ3n) is 4.71. The molecule has 1 aliphatic heterocycles. The van der Waals surface area contributed by atoms with Crippen LogP contribution in [0, 0.1) is 17.8 Å². The third kappa shape index (κ3) is 2.27. The highest BCUT2D eigenvalue weighted by Gasteiger charge is 2.45. The minimum Gasteiger partial charge on any atom is -0.394 e. The lowest BCUT2D eigenvalue weighted by Gasteiger charge is -2.36. The van der Waals surface area contributed by atoms with Crippen molar-refractivity contribution in [2.75, 3.05) is 33.3 Å². The molecule has 3 heteroatoms. The van der Waals surface area contributed by atoms with Gasteiger partial charge in [-0.3, -0.25) is 0 Å². The van der Waals surface area contributed by atoms with Gasteiger partial charge in [0.15, 0.2) is 0 Å². The normalized spacial score (nSPS) is 35.2. The van der Waals surface area contributed by atoms with E-state index in [1.165, 1.54) is 25.9 Å². The number of rotatable bonds is 5. The lowest BCUT2D eigenvalue weighted by Crippen LogP contribution is -2.56. The van der Waals surface area contributed by atoms with Gasteiger partial charge in [-0.15, -0.1) is 0 Å². The molecule has 1 heterocycles. The van der Waals surface area contributed by atoms with E-state index in [0.717, 1.165) is 18.4 Å². The fraction of sp³-hybridized carbons (Fsp3) is 1.00. The van der Waals surface area contributed by atoms with Crippen molar-refractivity contribution in [2.45, 2.75) is 32.2 Å². The molecule has 1 saturated heterocycles. The molecule has 2 aliphatic rings. The summed E-state index contributed by atoms with van der Waals surface area (Å²) in [6.45, 7) is 8.34. The quantitative estimate of drug-likeness (QED) is 0.732. The Balaban J connectivity index is 1.96. The van der Waals surface area contributed by atoms with Crippen LogP contribution >= 0.6 is 0 Å². The second-order valence-corrected chi connectivity index (χ2v) is 5.99. The summed E-state index contributed by atoms with van der Waals surface area (Å²) in [6.07, 6.45) is 2.56. The van der Waals surface area contributed by atoms with E-state index in [-0.39, 0.29) is 12.1 Å². The second kappa shape index (κ2) is 4.63. The van der Waals surface area contributed by atoms with Gasteiger partial charge in [0, 0.05) is 19.6 Å². The Morgan fingerprint density at radius 2 is 1.81 bits per heavy atom. The molecule has 0 amide bonds. The molecule has 2 rings (SSSR count). The zero-order valence-electron chi connectivity index (χ0n) is 10.9. The average Bonchev–Trinajstić information content (AvgIpc) is 3.05. The minimum absolute atomic E-state index is 0.0379. The first-order valence-electron chi connectivity index (χ1n) is 6.63. The summed E-state index contributed by atoms with van der Waals surface area (Å²) < 4.78 is 0. The smallest absolute Gasteiger partial charge is 0.0628 e. The molecular weight excluding hydrogens is 200 g/mol. The molecule has 0 bridgehead atoms. The Labute approximate surface area is 99.2 Å². The molecule has 3 unspecified atom stereocenters. The second-order valence-electron chi connectivity index (χ2n) is 5.99. The number of likely N-dealkylation sites (tertiary alicyclic amines) is 1. The number of nitrogens with one attached hydrogen (secondary N) is 1. The molecule has 2 fully saturated rings. The van der Waals surface area contributed by atoms with Crippen LogP contribution in [0.25, 0.3) is 0 Å². The summed E-state index contributed by atoms with van der Waals surface area (Å²) in [5.41, 5.74) is -0.0379. The molecule has 16 heavy (non-hydrogen) atoms. The van der Waals surface area contributed by atoms with Crippen molar-refractivity contribution in [1.29, 1.82) is 0 Å². The Kier molecular flexibility index (Phi) is 3.57. The topological polar surface area (TPSA) is 35.5 Å². The van der Waals surface area contributed by atoms with E-state index >= 15 is 0 Å². The molecule has 0 aromatic carbocycles. The van der Waals surface area contributed by atoms with Gasteiger partial charge in [-0.05, 0) is 37.6 Å². The largest absolute Gasteiger partial charge is 0.394 e. The fourth-order valence-corrected chi connectivity index (χ4v) is 3.08. The molecule has 0 aromatic rings. The molecule has 2 N–H and O–H groups in total. The predicted octanol–water partition coefficient (Wildman–Crippen LogP) is 0.935. The molecule has 94 valence electrons. The lowest BCUT2D eigenvalue weighted by molar-refractivity contribution is 0.105. The standard InChI is InChI=1S/C13H26N2O/c1-10-6-15(7-11(10)2)8-13(9-16,14-3)12-4-5-12/h10-12,14,16H,4-9H2,1-3H3. The van der Waals surface area contributed by atoms with Gasteiger partial charge in [0.2, 0.25) is 0 Å².